The van der Waals surface area contributed by atoms with Gasteiger partial charge in [0.05, 0.1) is 5.75 Å². The van der Waals surface area contributed by atoms with Gasteiger partial charge in [-0.05, 0) is 31.8 Å². The molecule has 17 heavy (non-hydrogen) atoms. The Kier molecular flexibility index (Phi) is 6.61. The number of sulfonamides is 1. The van der Waals surface area contributed by atoms with E-state index in [0.717, 1.165) is 25.9 Å². The standard InChI is InChI=1S/C10H22N2O3S2/c1-2-16(13)8-7-12-17(14,15)9-10-3-5-11-6-4-10/h10-12H,2-9H2,1H3. The second-order valence-electron chi connectivity index (χ2n) is 4.30. The van der Waals surface area contributed by atoms with E-state index >= 15 is 0 Å². The van der Waals surface area contributed by atoms with Gasteiger partial charge in [-0.15, -0.1) is 0 Å². The van der Waals surface area contributed by atoms with Gasteiger partial charge in [0.15, 0.2) is 0 Å². The minimum atomic E-state index is -3.20. The molecule has 2 N–H and O–H groups in total. The molecule has 1 aliphatic heterocycles. The molecule has 1 aliphatic rings. The van der Waals surface area contributed by atoms with E-state index in [0.29, 0.717) is 11.5 Å². The zero-order valence-corrected chi connectivity index (χ0v) is 11.9. The van der Waals surface area contributed by atoms with Gasteiger partial charge in [0.2, 0.25) is 10.0 Å². The third-order valence-corrected chi connectivity index (χ3v) is 5.75. The average Bonchev–Trinajstić information content (AvgIpc) is 2.29. The van der Waals surface area contributed by atoms with Gasteiger partial charge in [-0.2, -0.15) is 0 Å². The van der Waals surface area contributed by atoms with Crippen LogP contribution in [0.25, 0.3) is 0 Å². The summed E-state index contributed by atoms with van der Waals surface area (Å²) in [5.41, 5.74) is 0. The Hall–Kier alpha value is 0.0200. The van der Waals surface area contributed by atoms with Gasteiger partial charge >= 0.3 is 0 Å². The maximum Gasteiger partial charge on any atom is 0.211 e. The summed E-state index contributed by atoms with van der Waals surface area (Å²) in [6.07, 6.45) is 1.84. The van der Waals surface area contributed by atoms with Crippen molar-refractivity contribution in [3.8, 4) is 0 Å². The number of hydrogen-bond donors (Lipinski definition) is 2. The Bertz CT molecular complexity index is 337. The van der Waals surface area contributed by atoms with Gasteiger partial charge in [-0.1, -0.05) is 6.92 Å². The van der Waals surface area contributed by atoms with E-state index in [1.807, 2.05) is 6.92 Å². The molecule has 1 fully saturated rings. The number of nitrogens with one attached hydrogen (secondary N) is 2. The molecule has 0 radical (unpaired) electrons. The lowest BCUT2D eigenvalue weighted by molar-refractivity contribution is 0.400. The Labute approximate surface area is 106 Å². The van der Waals surface area contributed by atoms with Crippen molar-refractivity contribution in [1.82, 2.24) is 10.0 Å². The molecule has 0 aromatic carbocycles. The SMILES string of the molecule is CCS(=O)CCNS(=O)(=O)CC1CCNCC1. The fourth-order valence-corrected chi connectivity index (χ4v) is 4.11. The summed E-state index contributed by atoms with van der Waals surface area (Å²) < 4.78 is 37.2. The fraction of sp³-hybridized carbons (Fsp3) is 1.00. The lowest BCUT2D eigenvalue weighted by atomic mass is 10.0. The first-order chi connectivity index (χ1) is 8.03. The van der Waals surface area contributed by atoms with Crippen molar-refractivity contribution in [3.63, 3.8) is 0 Å². The van der Waals surface area contributed by atoms with Gasteiger partial charge in [0.25, 0.3) is 0 Å². The van der Waals surface area contributed by atoms with Crippen LogP contribution in [0.15, 0.2) is 0 Å². The van der Waals surface area contributed by atoms with Crippen LogP contribution in [0.1, 0.15) is 19.8 Å². The minimum Gasteiger partial charge on any atom is -0.317 e. The summed E-state index contributed by atoms with van der Waals surface area (Å²) in [4.78, 5) is 0. The van der Waals surface area contributed by atoms with Gasteiger partial charge in [-0.3, -0.25) is 4.21 Å². The molecule has 0 amide bonds. The van der Waals surface area contributed by atoms with E-state index in [1.165, 1.54) is 0 Å². The molecule has 0 aliphatic carbocycles. The van der Waals surface area contributed by atoms with E-state index in [1.54, 1.807) is 0 Å². The van der Waals surface area contributed by atoms with E-state index in [4.69, 9.17) is 0 Å². The van der Waals surface area contributed by atoms with Crippen LogP contribution in [0.3, 0.4) is 0 Å². The average molecular weight is 282 g/mol. The van der Waals surface area contributed by atoms with Crippen LogP contribution in [0.2, 0.25) is 0 Å². The first-order valence-electron chi connectivity index (χ1n) is 6.06. The van der Waals surface area contributed by atoms with Crippen LogP contribution in [0.5, 0.6) is 0 Å². The molecule has 0 aromatic rings. The zero-order chi connectivity index (χ0) is 12.7. The summed E-state index contributed by atoms with van der Waals surface area (Å²) in [6.45, 7) is 3.92. The molecule has 0 saturated carbocycles. The molecule has 1 atom stereocenters. The zero-order valence-electron chi connectivity index (χ0n) is 10.3. The Balaban J connectivity index is 2.27. The highest BCUT2D eigenvalue weighted by Gasteiger charge is 2.20. The number of rotatable bonds is 7. The molecule has 1 rings (SSSR count). The predicted molar refractivity (Wildman–Crippen MR) is 70.9 cm³/mol. The van der Waals surface area contributed by atoms with Gasteiger partial charge in [0.1, 0.15) is 0 Å². The largest absolute Gasteiger partial charge is 0.317 e. The summed E-state index contributed by atoms with van der Waals surface area (Å²) in [7, 11) is -4.10. The topological polar surface area (TPSA) is 75.3 Å². The predicted octanol–water partition coefficient (Wildman–Crippen LogP) is -0.326. The lowest BCUT2D eigenvalue weighted by Crippen LogP contribution is -2.36. The maximum absolute atomic E-state index is 11.7. The van der Waals surface area contributed by atoms with Crippen molar-refractivity contribution in [3.05, 3.63) is 0 Å². The smallest absolute Gasteiger partial charge is 0.211 e. The van der Waals surface area contributed by atoms with E-state index in [2.05, 4.69) is 10.0 Å². The van der Waals surface area contributed by atoms with Crippen molar-refractivity contribution in [2.45, 2.75) is 19.8 Å². The molecule has 5 nitrogen and oxygen atoms in total. The van der Waals surface area contributed by atoms with Gasteiger partial charge in [-0.25, -0.2) is 13.1 Å². The van der Waals surface area contributed by atoms with Crippen molar-refractivity contribution in [2.75, 3.05) is 36.9 Å². The third-order valence-electron chi connectivity index (χ3n) is 2.89. The molecule has 0 aromatic heterocycles. The van der Waals surface area contributed by atoms with Crippen molar-refractivity contribution >= 4 is 20.8 Å². The normalized spacial score (nSPS) is 20.3. The van der Waals surface area contributed by atoms with Crippen molar-refractivity contribution < 1.29 is 12.6 Å². The molecular formula is C10H22N2O3S2. The molecule has 102 valence electrons. The van der Waals surface area contributed by atoms with E-state index in [9.17, 15) is 12.6 Å². The Morgan fingerprint density at radius 3 is 2.59 bits per heavy atom. The summed E-state index contributed by atoms with van der Waals surface area (Å²) in [5, 5.41) is 3.21. The maximum atomic E-state index is 11.7. The summed E-state index contributed by atoms with van der Waals surface area (Å²) in [5.74, 6) is 1.44. The molecule has 0 spiro atoms. The number of piperidine rings is 1. The first-order valence-corrected chi connectivity index (χ1v) is 9.20. The molecule has 1 heterocycles. The monoisotopic (exact) mass is 282 g/mol. The van der Waals surface area contributed by atoms with Gasteiger partial charge in [0, 0.05) is 28.9 Å². The van der Waals surface area contributed by atoms with Crippen molar-refractivity contribution in [2.24, 2.45) is 5.92 Å². The van der Waals surface area contributed by atoms with Crippen molar-refractivity contribution in [1.29, 1.82) is 0 Å². The Morgan fingerprint density at radius 1 is 1.35 bits per heavy atom. The summed E-state index contributed by atoms with van der Waals surface area (Å²) >= 11 is 0. The van der Waals surface area contributed by atoms with Crippen LogP contribution in [0.4, 0.5) is 0 Å². The van der Waals surface area contributed by atoms with Crippen LogP contribution >= 0.6 is 0 Å². The second kappa shape index (κ2) is 7.45. The van der Waals surface area contributed by atoms with Crippen LogP contribution in [-0.4, -0.2) is 49.5 Å². The van der Waals surface area contributed by atoms with Crippen LogP contribution in [0, 0.1) is 5.92 Å². The Morgan fingerprint density at radius 2 is 2.00 bits per heavy atom. The van der Waals surface area contributed by atoms with E-state index < -0.39 is 20.8 Å². The quantitative estimate of drug-likeness (QED) is 0.671. The first kappa shape index (κ1) is 15.1. The van der Waals surface area contributed by atoms with Gasteiger partial charge < -0.3 is 5.32 Å². The molecule has 0 bridgehead atoms. The van der Waals surface area contributed by atoms with Crippen LogP contribution in [-0.2, 0) is 20.8 Å². The highest BCUT2D eigenvalue weighted by molar-refractivity contribution is 7.89. The molecule has 7 heteroatoms. The molecule has 1 saturated heterocycles. The fourth-order valence-electron chi connectivity index (χ4n) is 1.87. The third kappa shape index (κ3) is 6.49. The van der Waals surface area contributed by atoms with Crippen LogP contribution < -0.4 is 10.0 Å². The molecular weight excluding hydrogens is 260 g/mol. The second-order valence-corrected chi connectivity index (χ2v) is 8.02. The highest BCUT2D eigenvalue weighted by Crippen LogP contribution is 2.13. The highest BCUT2D eigenvalue weighted by atomic mass is 32.2. The van der Waals surface area contributed by atoms with E-state index in [-0.39, 0.29) is 18.2 Å². The number of hydrogen-bond acceptors (Lipinski definition) is 4. The minimum absolute atomic E-state index is 0.202. The molecule has 1 unspecified atom stereocenters. The lowest BCUT2D eigenvalue weighted by Gasteiger charge is -2.22. The summed E-state index contributed by atoms with van der Waals surface area (Å²) in [6, 6.07) is 0.